The number of nitrogens with one attached hydrogen (secondary N) is 2. The molecule has 2 rings (SSSR count). The quantitative estimate of drug-likeness (QED) is 0.761. The van der Waals surface area contributed by atoms with E-state index in [9.17, 15) is 4.79 Å². The van der Waals surface area contributed by atoms with Crippen LogP contribution in [0, 0.1) is 12.3 Å². The van der Waals surface area contributed by atoms with Gasteiger partial charge in [0.15, 0.2) is 0 Å². The van der Waals surface area contributed by atoms with Crippen LogP contribution < -0.4 is 15.5 Å². The lowest BCUT2D eigenvalue weighted by molar-refractivity contribution is 0.0963. The predicted octanol–water partition coefficient (Wildman–Crippen LogP) is 4.13. The van der Waals surface area contributed by atoms with Crippen molar-refractivity contribution in [3.8, 4) is 0 Å². The third-order valence-electron chi connectivity index (χ3n) is 3.82. The molecule has 1 amide bonds. The van der Waals surface area contributed by atoms with Crippen LogP contribution in [0.5, 0.6) is 0 Å². The second kappa shape index (κ2) is 8.03. The van der Waals surface area contributed by atoms with Gasteiger partial charge in [-0.15, -0.1) is 0 Å². The monoisotopic (exact) mass is 419 g/mol. The average molecular weight is 420 g/mol. The summed E-state index contributed by atoms with van der Waals surface area (Å²) in [5, 5.41) is 5.95. The SMILES string of the molecule is CNC(=O)c1ccc(C)c(Nc2ncnc(N(C)CC(C)(C)C)c2Br)c1. The molecule has 0 saturated carbocycles. The van der Waals surface area contributed by atoms with Crippen LogP contribution in [0.3, 0.4) is 0 Å². The van der Waals surface area contributed by atoms with Gasteiger partial charge < -0.3 is 15.5 Å². The van der Waals surface area contributed by atoms with E-state index in [2.05, 4.69) is 62.2 Å². The Labute approximate surface area is 163 Å². The molecule has 1 aromatic carbocycles. The summed E-state index contributed by atoms with van der Waals surface area (Å²) >= 11 is 3.62. The minimum atomic E-state index is -0.125. The summed E-state index contributed by atoms with van der Waals surface area (Å²) in [6.45, 7) is 9.40. The van der Waals surface area contributed by atoms with E-state index in [1.54, 1.807) is 19.4 Å². The number of hydrogen-bond donors (Lipinski definition) is 2. The molecule has 26 heavy (non-hydrogen) atoms. The minimum Gasteiger partial charge on any atom is -0.358 e. The van der Waals surface area contributed by atoms with Gasteiger partial charge in [-0.25, -0.2) is 9.97 Å². The summed E-state index contributed by atoms with van der Waals surface area (Å²) in [5.74, 6) is 1.35. The predicted molar refractivity (Wildman–Crippen MR) is 110 cm³/mol. The lowest BCUT2D eigenvalue weighted by Crippen LogP contribution is -2.30. The molecule has 6 nitrogen and oxygen atoms in total. The van der Waals surface area contributed by atoms with Gasteiger partial charge in [-0.3, -0.25) is 4.79 Å². The zero-order valence-electron chi connectivity index (χ0n) is 16.1. The smallest absolute Gasteiger partial charge is 0.251 e. The molecule has 0 fully saturated rings. The van der Waals surface area contributed by atoms with Gasteiger partial charge in [0.05, 0.1) is 0 Å². The first-order valence-corrected chi connectivity index (χ1v) is 9.23. The average Bonchev–Trinajstić information content (AvgIpc) is 2.56. The molecule has 2 N–H and O–H groups in total. The molecule has 1 aromatic heterocycles. The molecule has 0 atom stereocenters. The number of carbonyl (C=O) groups is 1. The molecule has 0 spiro atoms. The number of aromatic nitrogens is 2. The van der Waals surface area contributed by atoms with E-state index in [0.717, 1.165) is 28.1 Å². The second-order valence-corrected chi connectivity index (χ2v) is 8.30. The lowest BCUT2D eigenvalue weighted by atomic mass is 9.96. The third kappa shape index (κ3) is 4.94. The Hall–Kier alpha value is -2.15. The minimum absolute atomic E-state index is 0.125. The van der Waals surface area contributed by atoms with Gasteiger partial charge in [0.2, 0.25) is 0 Å². The van der Waals surface area contributed by atoms with Crippen LogP contribution in [-0.4, -0.2) is 36.5 Å². The lowest BCUT2D eigenvalue weighted by Gasteiger charge is -2.28. The Morgan fingerprint density at radius 3 is 2.58 bits per heavy atom. The number of benzene rings is 1. The molecule has 0 saturated heterocycles. The molecular weight excluding hydrogens is 394 g/mol. The summed E-state index contributed by atoms with van der Waals surface area (Å²) in [7, 11) is 3.63. The molecule has 1 heterocycles. The van der Waals surface area contributed by atoms with Crippen LogP contribution in [0.25, 0.3) is 0 Å². The van der Waals surface area contributed by atoms with Crippen LogP contribution in [0.15, 0.2) is 29.0 Å². The van der Waals surface area contributed by atoms with E-state index in [1.165, 1.54) is 0 Å². The highest BCUT2D eigenvalue weighted by Crippen LogP contribution is 2.33. The third-order valence-corrected chi connectivity index (χ3v) is 4.55. The number of halogens is 1. The fourth-order valence-electron chi connectivity index (χ4n) is 2.67. The first kappa shape index (κ1) is 20.2. The standard InChI is InChI=1S/C19H26BrN5O/c1-12-7-8-13(18(26)21-5)9-14(12)24-16-15(20)17(23-11-22-16)25(6)10-19(2,3)4/h7-9,11H,10H2,1-6H3,(H,21,26)(H,22,23,24). The Balaban J connectivity index is 2.34. The van der Waals surface area contributed by atoms with Crippen LogP contribution in [0.2, 0.25) is 0 Å². The van der Waals surface area contributed by atoms with Crippen LogP contribution >= 0.6 is 15.9 Å². The fraction of sp³-hybridized carbons (Fsp3) is 0.421. The van der Waals surface area contributed by atoms with E-state index in [0.29, 0.717) is 11.4 Å². The maximum absolute atomic E-state index is 11.9. The molecule has 0 aliphatic rings. The molecule has 0 radical (unpaired) electrons. The highest BCUT2D eigenvalue weighted by Gasteiger charge is 2.19. The van der Waals surface area contributed by atoms with Crippen LogP contribution in [-0.2, 0) is 0 Å². The summed E-state index contributed by atoms with van der Waals surface area (Å²) in [5.41, 5.74) is 2.59. The van der Waals surface area contributed by atoms with Crippen molar-refractivity contribution < 1.29 is 4.79 Å². The number of rotatable bonds is 5. The number of hydrogen-bond acceptors (Lipinski definition) is 5. The Kier molecular flexibility index (Phi) is 6.23. The number of amides is 1. The van der Waals surface area contributed by atoms with Crippen LogP contribution in [0.1, 0.15) is 36.7 Å². The maximum Gasteiger partial charge on any atom is 0.251 e. The van der Waals surface area contributed by atoms with E-state index in [4.69, 9.17) is 0 Å². The normalized spacial score (nSPS) is 11.2. The number of carbonyl (C=O) groups excluding carboxylic acids is 1. The van der Waals surface area contributed by atoms with E-state index >= 15 is 0 Å². The van der Waals surface area contributed by atoms with Gasteiger partial charge in [0, 0.05) is 31.9 Å². The number of nitrogens with zero attached hydrogens (tertiary/aromatic N) is 3. The topological polar surface area (TPSA) is 70.1 Å². The summed E-state index contributed by atoms with van der Waals surface area (Å²) in [6, 6.07) is 5.53. The van der Waals surface area contributed by atoms with Crippen molar-refractivity contribution in [2.24, 2.45) is 5.41 Å². The van der Waals surface area contributed by atoms with Gasteiger partial charge in [-0.2, -0.15) is 0 Å². The van der Waals surface area contributed by atoms with Crippen molar-refractivity contribution in [1.82, 2.24) is 15.3 Å². The van der Waals surface area contributed by atoms with Crippen molar-refractivity contribution in [2.45, 2.75) is 27.7 Å². The van der Waals surface area contributed by atoms with Crippen LogP contribution in [0.4, 0.5) is 17.3 Å². The Morgan fingerprint density at radius 1 is 1.27 bits per heavy atom. The molecule has 0 bridgehead atoms. The highest BCUT2D eigenvalue weighted by molar-refractivity contribution is 9.10. The molecular formula is C19H26BrN5O. The van der Waals surface area contributed by atoms with Gasteiger partial charge >= 0.3 is 0 Å². The zero-order chi connectivity index (χ0) is 19.5. The zero-order valence-corrected chi connectivity index (χ0v) is 17.7. The van der Waals surface area contributed by atoms with Gasteiger partial charge in [0.25, 0.3) is 5.91 Å². The van der Waals surface area contributed by atoms with Crippen molar-refractivity contribution in [3.05, 3.63) is 40.1 Å². The number of aryl methyl sites for hydroxylation is 1. The Morgan fingerprint density at radius 2 is 1.96 bits per heavy atom. The largest absolute Gasteiger partial charge is 0.358 e. The highest BCUT2D eigenvalue weighted by atomic mass is 79.9. The second-order valence-electron chi connectivity index (χ2n) is 7.51. The summed E-state index contributed by atoms with van der Waals surface area (Å²) in [6.07, 6.45) is 1.54. The summed E-state index contributed by atoms with van der Waals surface area (Å²) < 4.78 is 0.788. The first-order valence-electron chi connectivity index (χ1n) is 8.44. The van der Waals surface area contributed by atoms with E-state index in [1.807, 2.05) is 26.1 Å². The fourth-order valence-corrected chi connectivity index (χ4v) is 3.28. The van der Waals surface area contributed by atoms with Gasteiger partial charge in [-0.05, 0) is 46.0 Å². The summed E-state index contributed by atoms with van der Waals surface area (Å²) in [4.78, 5) is 22.8. The molecule has 7 heteroatoms. The molecule has 2 aromatic rings. The maximum atomic E-state index is 11.9. The molecule has 140 valence electrons. The van der Waals surface area contributed by atoms with Gasteiger partial charge in [0.1, 0.15) is 22.4 Å². The van der Waals surface area contributed by atoms with Crippen molar-refractivity contribution >= 4 is 39.2 Å². The van der Waals surface area contributed by atoms with Gasteiger partial charge in [-0.1, -0.05) is 26.8 Å². The molecule has 0 aliphatic heterocycles. The van der Waals surface area contributed by atoms with E-state index < -0.39 is 0 Å². The Bertz CT molecular complexity index is 801. The van der Waals surface area contributed by atoms with E-state index in [-0.39, 0.29) is 11.3 Å². The number of anilines is 3. The first-order chi connectivity index (χ1) is 12.1. The van der Waals surface area contributed by atoms with Crippen molar-refractivity contribution in [3.63, 3.8) is 0 Å². The molecule has 0 aliphatic carbocycles. The van der Waals surface area contributed by atoms with Crippen molar-refractivity contribution in [1.29, 1.82) is 0 Å². The van der Waals surface area contributed by atoms with Crippen molar-refractivity contribution in [2.75, 3.05) is 30.9 Å². The molecule has 0 unspecified atom stereocenters.